The van der Waals surface area contributed by atoms with Crippen molar-refractivity contribution >= 4 is 12.0 Å². The maximum Gasteiger partial charge on any atom is 0.409 e. The smallest absolute Gasteiger partial charge is 0.409 e. The zero-order valence-electron chi connectivity index (χ0n) is 18.2. The number of carbonyl (C=O) groups is 2. The molecule has 0 saturated carbocycles. The van der Waals surface area contributed by atoms with Gasteiger partial charge in [-0.3, -0.25) is 4.79 Å². The first kappa shape index (κ1) is 21.4. The lowest BCUT2D eigenvalue weighted by atomic mass is 10.1. The second-order valence-electron chi connectivity index (χ2n) is 7.60. The van der Waals surface area contributed by atoms with Crippen LogP contribution in [0, 0.1) is 0 Å². The van der Waals surface area contributed by atoms with E-state index in [0.717, 1.165) is 22.7 Å². The normalized spacial score (nSPS) is 14.1. The molecular weight excluding hydrogens is 408 g/mol. The predicted octanol–water partition coefficient (Wildman–Crippen LogP) is 3.51. The molecule has 3 aromatic rings. The number of hydrogen-bond acceptors (Lipinski definition) is 5. The molecule has 0 unspecified atom stereocenters. The Kier molecular flexibility index (Phi) is 6.39. The predicted molar refractivity (Wildman–Crippen MR) is 120 cm³/mol. The lowest BCUT2D eigenvalue weighted by molar-refractivity contribution is 0.0887. The van der Waals surface area contributed by atoms with Gasteiger partial charge in [-0.05, 0) is 55.3 Å². The number of nitrogens with zero attached hydrogens (tertiary/aromatic N) is 3. The number of piperidine rings is 1. The summed E-state index contributed by atoms with van der Waals surface area (Å²) in [6.07, 6.45) is 1.01. The van der Waals surface area contributed by atoms with Crippen molar-refractivity contribution < 1.29 is 19.1 Å². The molecule has 0 atom stereocenters. The van der Waals surface area contributed by atoms with Crippen molar-refractivity contribution in [2.24, 2.45) is 0 Å². The van der Waals surface area contributed by atoms with Crippen LogP contribution in [0.15, 0.2) is 60.7 Å². The maximum absolute atomic E-state index is 13.0. The van der Waals surface area contributed by atoms with E-state index in [0.29, 0.717) is 31.6 Å². The zero-order chi connectivity index (χ0) is 22.5. The first-order chi connectivity index (χ1) is 15.6. The highest BCUT2D eigenvalue weighted by atomic mass is 16.5. The van der Waals surface area contributed by atoms with Crippen LogP contribution in [0.3, 0.4) is 0 Å². The Labute approximate surface area is 186 Å². The first-order valence-corrected chi connectivity index (χ1v) is 10.5. The Morgan fingerprint density at radius 2 is 1.69 bits per heavy atom. The standard InChI is InChI=1S/C24H26N4O4/c1-31-20-10-8-17(9-11-20)22-16-21(26-28(22)19-6-4-3-5-7-19)23(29)25-18-12-14-27(15-13-18)24(30)32-2/h3-11,16,18H,12-15H2,1-2H3,(H,25,29). The minimum Gasteiger partial charge on any atom is -0.497 e. The van der Waals surface area contributed by atoms with Gasteiger partial charge >= 0.3 is 6.09 Å². The largest absolute Gasteiger partial charge is 0.497 e. The zero-order valence-corrected chi connectivity index (χ0v) is 18.2. The maximum atomic E-state index is 13.0. The summed E-state index contributed by atoms with van der Waals surface area (Å²) in [4.78, 5) is 26.3. The average molecular weight is 434 g/mol. The Morgan fingerprint density at radius 1 is 1.00 bits per heavy atom. The summed E-state index contributed by atoms with van der Waals surface area (Å²) < 4.78 is 11.8. The van der Waals surface area contributed by atoms with Gasteiger partial charge in [0.2, 0.25) is 0 Å². The van der Waals surface area contributed by atoms with E-state index >= 15 is 0 Å². The number of aromatic nitrogens is 2. The molecule has 1 fully saturated rings. The molecule has 2 aromatic carbocycles. The van der Waals surface area contributed by atoms with Gasteiger partial charge in [-0.25, -0.2) is 9.48 Å². The van der Waals surface area contributed by atoms with Crippen molar-refractivity contribution in [1.82, 2.24) is 20.0 Å². The average Bonchev–Trinajstić information content (AvgIpc) is 3.30. The van der Waals surface area contributed by atoms with Crippen molar-refractivity contribution in [2.75, 3.05) is 27.3 Å². The van der Waals surface area contributed by atoms with Gasteiger partial charge in [0.1, 0.15) is 5.75 Å². The van der Waals surface area contributed by atoms with Crippen molar-refractivity contribution in [3.63, 3.8) is 0 Å². The third kappa shape index (κ3) is 4.59. The minimum atomic E-state index is -0.333. The first-order valence-electron chi connectivity index (χ1n) is 10.5. The number of ether oxygens (including phenoxy) is 2. The number of carbonyl (C=O) groups excluding carboxylic acids is 2. The molecule has 166 valence electrons. The topological polar surface area (TPSA) is 85.7 Å². The highest BCUT2D eigenvalue weighted by Gasteiger charge is 2.26. The molecule has 8 nitrogen and oxygen atoms in total. The Hall–Kier alpha value is -3.81. The van der Waals surface area contributed by atoms with Crippen molar-refractivity contribution in [3.8, 4) is 22.7 Å². The molecule has 0 bridgehead atoms. The van der Waals surface area contributed by atoms with Gasteiger partial charge in [-0.2, -0.15) is 5.10 Å². The van der Waals surface area contributed by atoms with Crippen molar-refractivity contribution in [1.29, 1.82) is 0 Å². The molecule has 4 rings (SSSR count). The van der Waals surface area contributed by atoms with Crippen LogP contribution in [0.4, 0.5) is 4.79 Å². The minimum absolute atomic E-state index is 0.0188. The molecule has 1 N–H and O–H groups in total. The second kappa shape index (κ2) is 9.55. The number of hydrogen-bond donors (Lipinski definition) is 1. The van der Waals surface area contributed by atoms with Gasteiger partial charge in [0.05, 0.1) is 25.6 Å². The van der Waals surface area contributed by atoms with E-state index < -0.39 is 0 Å². The lowest BCUT2D eigenvalue weighted by Gasteiger charge is -2.31. The molecule has 1 aliphatic heterocycles. The molecule has 0 radical (unpaired) electrons. The molecule has 1 aromatic heterocycles. The van der Waals surface area contributed by atoms with Gasteiger partial charge in [-0.1, -0.05) is 18.2 Å². The Balaban J connectivity index is 1.56. The molecule has 2 heterocycles. The van der Waals surface area contributed by atoms with Crippen LogP contribution in [0.1, 0.15) is 23.3 Å². The summed E-state index contributed by atoms with van der Waals surface area (Å²) in [5.74, 6) is 0.529. The van der Waals surface area contributed by atoms with Crippen LogP contribution >= 0.6 is 0 Å². The molecule has 1 aliphatic rings. The Bertz CT molecular complexity index is 1070. The van der Waals surface area contributed by atoms with Crippen LogP contribution in [-0.2, 0) is 4.74 Å². The summed E-state index contributed by atoms with van der Waals surface area (Å²) in [5.41, 5.74) is 2.94. The molecule has 32 heavy (non-hydrogen) atoms. The van der Waals surface area contributed by atoms with Gasteiger partial charge in [0, 0.05) is 24.7 Å². The SMILES string of the molecule is COC(=O)N1CCC(NC(=O)c2cc(-c3ccc(OC)cc3)n(-c3ccccc3)n2)CC1. The van der Waals surface area contributed by atoms with Crippen LogP contribution < -0.4 is 10.1 Å². The van der Waals surface area contributed by atoms with Crippen LogP contribution in [0.5, 0.6) is 5.75 Å². The quantitative estimate of drug-likeness (QED) is 0.664. The second-order valence-corrected chi connectivity index (χ2v) is 7.60. The number of methoxy groups -OCH3 is 2. The summed E-state index contributed by atoms with van der Waals surface area (Å²) >= 11 is 0. The Morgan fingerprint density at radius 3 is 2.31 bits per heavy atom. The number of rotatable bonds is 5. The molecule has 0 spiro atoms. The lowest BCUT2D eigenvalue weighted by Crippen LogP contribution is -2.46. The molecule has 1 saturated heterocycles. The number of para-hydroxylation sites is 1. The fourth-order valence-electron chi connectivity index (χ4n) is 3.82. The number of likely N-dealkylation sites (tertiary alicyclic amines) is 1. The van der Waals surface area contributed by atoms with Crippen molar-refractivity contribution in [3.05, 3.63) is 66.4 Å². The van der Waals surface area contributed by atoms with E-state index in [1.165, 1.54) is 7.11 Å². The van der Waals surface area contributed by atoms with Crippen LogP contribution in [0.2, 0.25) is 0 Å². The third-order valence-electron chi connectivity index (χ3n) is 5.59. The fourth-order valence-corrected chi connectivity index (χ4v) is 3.82. The van der Waals surface area contributed by atoms with Gasteiger partial charge in [-0.15, -0.1) is 0 Å². The van der Waals surface area contributed by atoms with Crippen LogP contribution in [0.25, 0.3) is 16.9 Å². The number of benzene rings is 2. The summed E-state index contributed by atoms with van der Waals surface area (Å²) in [6, 6.07) is 19.1. The monoisotopic (exact) mass is 434 g/mol. The van der Waals surface area contributed by atoms with E-state index in [2.05, 4.69) is 10.4 Å². The number of amides is 2. The van der Waals surface area contributed by atoms with Gasteiger partial charge < -0.3 is 19.7 Å². The van der Waals surface area contributed by atoms with Gasteiger partial charge in [0.25, 0.3) is 5.91 Å². The highest BCUT2D eigenvalue weighted by Crippen LogP contribution is 2.26. The van der Waals surface area contributed by atoms with Crippen molar-refractivity contribution in [2.45, 2.75) is 18.9 Å². The van der Waals surface area contributed by atoms with Crippen LogP contribution in [-0.4, -0.2) is 60.0 Å². The van der Waals surface area contributed by atoms with Gasteiger partial charge in [0.15, 0.2) is 5.69 Å². The fraction of sp³-hybridized carbons (Fsp3) is 0.292. The summed E-state index contributed by atoms with van der Waals surface area (Å²) in [6.45, 7) is 1.10. The summed E-state index contributed by atoms with van der Waals surface area (Å²) in [7, 11) is 3.00. The van der Waals surface area contributed by atoms with E-state index in [1.807, 2.05) is 54.6 Å². The number of nitrogens with one attached hydrogen (secondary N) is 1. The van der Waals surface area contributed by atoms with E-state index in [1.54, 1.807) is 22.8 Å². The summed E-state index contributed by atoms with van der Waals surface area (Å²) in [5, 5.41) is 7.67. The molecule has 8 heteroatoms. The highest BCUT2D eigenvalue weighted by molar-refractivity contribution is 5.93. The van der Waals surface area contributed by atoms with E-state index in [-0.39, 0.29) is 18.0 Å². The van der Waals surface area contributed by atoms with E-state index in [4.69, 9.17) is 9.47 Å². The molecular formula is C24H26N4O4. The molecule has 0 aliphatic carbocycles. The van der Waals surface area contributed by atoms with E-state index in [9.17, 15) is 9.59 Å². The molecule has 2 amide bonds. The third-order valence-corrected chi connectivity index (χ3v) is 5.59.